The summed E-state index contributed by atoms with van der Waals surface area (Å²) < 4.78 is 3.14. The van der Waals surface area contributed by atoms with Crippen molar-refractivity contribution in [2.45, 2.75) is 18.6 Å². The summed E-state index contributed by atoms with van der Waals surface area (Å²) in [5.41, 5.74) is 1.61. The van der Waals surface area contributed by atoms with Crippen molar-refractivity contribution in [2.24, 2.45) is 0 Å². The normalized spacial score (nSPS) is 11.0. The Labute approximate surface area is 203 Å². The Morgan fingerprint density at radius 1 is 1.27 bits per heavy atom. The van der Waals surface area contributed by atoms with Crippen LogP contribution in [0.5, 0.6) is 0 Å². The quantitative estimate of drug-likeness (QED) is 0.283. The number of benzene rings is 1. The number of allylic oxidation sites excluding steroid dienone is 1. The van der Waals surface area contributed by atoms with Crippen molar-refractivity contribution in [1.29, 1.82) is 0 Å². The molecule has 170 valence electrons. The summed E-state index contributed by atoms with van der Waals surface area (Å²) in [5, 5.41) is 15.7. The van der Waals surface area contributed by atoms with E-state index >= 15 is 0 Å². The van der Waals surface area contributed by atoms with Crippen LogP contribution < -0.4 is 5.32 Å². The molecule has 0 atom stereocenters. The topological polar surface area (TPSA) is 93.0 Å². The number of anilines is 1. The van der Waals surface area contributed by atoms with Crippen LogP contribution in [0.15, 0.2) is 47.5 Å². The number of thiophene rings is 1. The second-order valence-electron chi connectivity index (χ2n) is 7.32. The fourth-order valence-corrected chi connectivity index (χ4v) is 5.87. The van der Waals surface area contributed by atoms with Crippen LogP contribution in [0.4, 0.5) is 5.13 Å². The maximum absolute atomic E-state index is 12.6. The molecule has 3 heterocycles. The Morgan fingerprint density at radius 3 is 2.82 bits per heavy atom. The third-order valence-electron chi connectivity index (χ3n) is 4.73. The molecule has 3 aromatic heterocycles. The highest BCUT2D eigenvalue weighted by Crippen LogP contribution is 2.34. The molecule has 0 aliphatic heterocycles. The van der Waals surface area contributed by atoms with Gasteiger partial charge in [-0.3, -0.25) is 14.2 Å². The highest BCUT2D eigenvalue weighted by Gasteiger charge is 2.20. The van der Waals surface area contributed by atoms with Gasteiger partial charge in [0.05, 0.1) is 11.4 Å². The number of hydrogen-bond acceptors (Lipinski definition) is 8. The number of hydrogen-bond donors (Lipinski definition) is 1. The number of amides is 2. The third kappa shape index (κ3) is 4.85. The summed E-state index contributed by atoms with van der Waals surface area (Å²) in [6.07, 6.45) is 1.78. The first-order valence-corrected chi connectivity index (χ1v) is 12.7. The molecule has 0 saturated heterocycles. The van der Waals surface area contributed by atoms with Gasteiger partial charge in [-0.05, 0) is 13.0 Å². The van der Waals surface area contributed by atoms with Crippen LogP contribution in [0.1, 0.15) is 15.4 Å². The van der Waals surface area contributed by atoms with Gasteiger partial charge in [-0.1, -0.05) is 47.4 Å². The molecule has 0 bridgehead atoms. The van der Waals surface area contributed by atoms with Gasteiger partial charge in [0.1, 0.15) is 4.88 Å². The second kappa shape index (κ2) is 9.86. The van der Waals surface area contributed by atoms with Crippen LogP contribution in [-0.2, 0) is 11.3 Å². The van der Waals surface area contributed by atoms with E-state index < -0.39 is 0 Å². The number of aromatic nitrogens is 4. The summed E-state index contributed by atoms with van der Waals surface area (Å²) in [4.78, 5) is 31.1. The molecule has 0 fully saturated rings. The number of thiazole rings is 1. The molecule has 1 aromatic carbocycles. The minimum atomic E-state index is -0.228. The van der Waals surface area contributed by atoms with E-state index in [4.69, 9.17) is 0 Å². The fourth-order valence-electron chi connectivity index (χ4n) is 3.18. The van der Waals surface area contributed by atoms with Gasteiger partial charge in [-0.25, -0.2) is 4.98 Å². The number of rotatable bonds is 8. The number of thioether (sulfide) groups is 1. The molecule has 1 N–H and O–H groups in total. The standard InChI is InChI=1S/C22H22N6O2S3/c1-5-10-28-19(15-11-31-16-9-7-6-8-14(15)16)25-26-22(28)32-12-17(29)24-21-23-13(2)18(33-21)20(30)27(3)4/h5-9,11H,1,10,12H2,2-4H3,(H,23,24,29). The van der Waals surface area contributed by atoms with Crippen LogP contribution in [0.2, 0.25) is 0 Å². The van der Waals surface area contributed by atoms with Crippen LogP contribution in [0, 0.1) is 6.92 Å². The van der Waals surface area contributed by atoms with Gasteiger partial charge < -0.3 is 10.2 Å². The number of aryl methyl sites for hydroxylation is 1. The molecule has 33 heavy (non-hydrogen) atoms. The molecule has 0 unspecified atom stereocenters. The van der Waals surface area contributed by atoms with Crippen LogP contribution in [0.3, 0.4) is 0 Å². The Morgan fingerprint density at radius 2 is 2.06 bits per heavy atom. The van der Waals surface area contributed by atoms with Crippen molar-refractivity contribution in [3.05, 3.63) is 52.9 Å². The van der Waals surface area contributed by atoms with Crippen LogP contribution in [-0.4, -0.2) is 56.3 Å². The van der Waals surface area contributed by atoms with Crippen molar-refractivity contribution in [3.8, 4) is 11.4 Å². The Kier molecular flexibility index (Phi) is 6.91. The number of nitrogens with one attached hydrogen (secondary N) is 1. The Hall–Kier alpha value is -3.02. The smallest absolute Gasteiger partial charge is 0.265 e. The summed E-state index contributed by atoms with van der Waals surface area (Å²) in [6.45, 7) is 6.13. The molecule has 0 saturated carbocycles. The van der Waals surface area contributed by atoms with E-state index in [-0.39, 0.29) is 17.6 Å². The van der Waals surface area contributed by atoms with Crippen LogP contribution >= 0.6 is 34.4 Å². The molecule has 8 nitrogen and oxygen atoms in total. The van der Waals surface area contributed by atoms with Gasteiger partial charge in [0.2, 0.25) is 5.91 Å². The SMILES string of the molecule is C=CCn1c(SCC(=O)Nc2nc(C)c(C(=O)N(C)C)s2)nnc1-c1csc2ccccc12. The summed E-state index contributed by atoms with van der Waals surface area (Å²) in [7, 11) is 3.37. The molecule has 0 aliphatic rings. The van der Waals surface area contributed by atoms with E-state index in [1.807, 2.05) is 16.7 Å². The third-order valence-corrected chi connectivity index (χ3v) is 7.72. The second-order valence-corrected chi connectivity index (χ2v) is 10.2. The van der Waals surface area contributed by atoms with E-state index in [0.29, 0.717) is 27.4 Å². The molecule has 2 amide bonds. The zero-order valence-corrected chi connectivity index (χ0v) is 20.8. The van der Waals surface area contributed by atoms with Gasteiger partial charge in [0, 0.05) is 41.7 Å². The summed E-state index contributed by atoms with van der Waals surface area (Å²) >= 11 is 4.13. The predicted octanol–water partition coefficient (Wildman–Crippen LogP) is 4.54. The Bertz CT molecular complexity index is 1340. The van der Waals surface area contributed by atoms with Crippen molar-refractivity contribution in [1.82, 2.24) is 24.6 Å². The first-order valence-electron chi connectivity index (χ1n) is 10.0. The molecular weight excluding hydrogens is 476 g/mol. The van der Waals surface area contributed by atoms with E-state index in [0.717, 1.165) is 16.8 Å². The maximum Gasteiger partial charge on any atom is 0.265 e. The summed E-state index contributed by atoms with van der Waals surface area (Å²) in [6, 6.07) is 8.17. The van der Waals surface area contributed by atoms with E-state index in [9.17, 15) is 9.59 Å². The summed E-state index contributed by atoms with van der Waals surface area (Å²) in [5.74, 6) is 0.520. The number of nitrogens with zero attached hydrogens (tertiary/aromatic N) is 5. The zero-order valence-electron chi connectivity index (χ0n) is 18.4. The number of carbonyl (C=O) groups excluding carboxylic acids is 2. The van der Waals surface area contributed by atoms with Gasteiger partial charge in [-0.2, -0.15) is 0 Å². The van der Waals surface area contributed by atoms with Gasteiger partial charge >= 0.3 is 0 Å². The lowest BCUT2D eigenvalue weighted by atomic mass is 10.1. The molecule has 4 rings (SSSR count). The molecule has 4 aromatic rings. The van der Waals surface area contributed by atoms with E-state index in [2.05, 4.69) is 44.6 Å². The lowest BCUT2D eigenvalue weighted by Crippen LogP contribution is -2.21. The largest absolute Gasteiger partial charge is 0.344 e. The fraction of sp³-hybridized carbons (Fsp3) is 0.227. The highest BCUT2D eigenvalue weighted by atomic mass is 32.2. The van der Waals surface area contributed by atoms with Crippen molar-refractivity contribution in [3.63, 3.8) is 0 Å². The van der Waals surface area contributed by atoms with Crippen LogP contribution in [0.25, 0.3) is 21.5 Å². The van der Waals surface area contributed by atoms with E-state index in [1.165, 1.54) is 32.7 Å². The Balaban J connectivity index is 1.49. The molecule has 0 radical (unpaired) electrons. The average molecular weight is 499 g/mol. The first kappa shape index (κ1) is 23.1. The maximum atomic E-state index is 12.6. The highest BCUT2D eigenvalue weighted by molar-refractivity contribution is 7.99. The van der Waals surface area contributed by atoms with Gasteiger partial charge in [0.25, 0.3) is 5.91 Å². The lowest BCUT2D eigenvalue weighted by molar-refractivity contribution is -0.113. The molecule has 11 heteroatoms. The lowest BCUT2D eigenvalue weighted by Gasteiger charge is -2.08. The number of carbonyl (C=O) groups is 2. The molecule has 0 aliphatic carbocycles. The average Bonchev–Trinajstić information content (AvgIpc) is 3.48. The van der Waals surface area contributed by atoms with Crippen molar-refractivity contribution >= 4 is 61.5 Å². The van der Waals surface area contributed by atoms with Crippen molar-refractivity contribution in [2.75, 3.05) is 25.2 Å². The van der Waals surface area contributed by atoms with E-state index in [1.54, 1.807) is 38.4 Å². The van der Waals surface area contributed by atoms with Crippen molar-refractivity contribution < 1.29 is 9.59 Å². The molecule has 0 spiro atoms. The zero-order chi connectivity index (χ0) is 23.5. The first-order chi connectivity index (χ1) is 15.9. The number of fused-ring (bicyclic) bond motifs is 1. The molecular formula is C22H22N6O2S3. The minimum Gasteiger partial charge on any atom is -0.344 e. The monoisotopic (exact) mass is 498 g/mol. The predicted molar refractivity (Wildman–Crippen MR) is 135 cm³/mol. The minimum absolute atomic E-state index is 0.133. The van der Waals surface area contributed by atoms with Gasteiger partial charge in [-0.15, -0.1) is 28.1 Å². The van der Waals surface area contributed by atoms with Gasteiger partial charge in [0.15, 0.2) is 16.1 Å².